The molecule has 1 aromatic carbocycles. The minimum absolute atomic E-state index is 0.463. The number of piperazine rings is 1. The van der Waals surface area contributed by atoms with Crippen LogP contribution in [0.1, 0.15) is 13.8 Å². The van der Waals surface area contributed by atoms with Crippen molar-refractivity contribution in [2.45, 2.75) is 25.9 Å². The molecule has 0 amide bonds. The average molecular weight is 347 g/mol. The molecule has 0 aliphatic carbocycles. The zero-order valence-electron chi connectivity index (χ0n) is 12.3. The monoisotopic (exact) mass is 346 g/mol. The van der Waals surface area contributed by atoms with Gasteiger partial charge in [0.25, 0.3) is 0 Å². The molecule has 2 aromatic rings. The highest BCUT2D eigenvalue weighted by atomic mass is 79.9. The molecular weight excluding hydrogens is 328 g/mol. The summed E-state index contributed by atoms with van der Waals surface area (Å²) in [5.41, 5.74) is 2.25. The predicted octanol–water partition coefficient (Wildman–Crippen LogP) is 3.09. The summed E-state index contributed by atoms with van der Waals surface area (Å²) in [5, 5.41) is 12.0. The van der Waals surface area contributed by atoms with Gasteiger partial charge in [0, 0.05) is 35.2 Å². The Morgan fingerprint density at radius 1 is 1.14 bits per heavy atom. The molecule has 5 heteroatoms. The van der Waals surface area contributed by atoms with Crippen LogP contribution in [0.4, 0.5) is 5.82 Å². The molecule has 110 valence electrons. The largest absolute Gasteiger partial charge is 0.352 e. The third-order valence-electron chi connectivity index (χ3n) is 3.68. The summed E-state index contributed by atoms with van der Waals surface area (Å²) >= 11 is 3.52. The zero-order chi connectivity index (χ0) is 14.8. The summed E-state index contributed by atoms with van der Waals surface area (Å²) < 4.78 is 1.07. The van der Waals surface area contributed by atoms with Crippen LogP contribution in [-0.2, 0) is 0 Å². The highest BCUT2D eigenvalue weighted by Crippen LogP contribution is 2.25. The number of hydrogen-bond acceptors (Lipinski definition) is 4. The Kier molecular flexibility index (Phi) is 4.22. The molecule has 2 atom stereocenters. The molecule has 0 saturated carbocycles. The van der Waals surface area contributed by atoms with Crippen LogP contribution in [0.2, 0.25) is 0 Å². The van der Waals surface area contributed by atoms with E-state index >= 15 is 0 Å². The molecule has 3 rings (SSSR count). The Bertz CT molecular complexity index is 621. The van der Waals surface area contributed by atoms with Crippen molar-refractivity contribution in [2.75, 3.05) is 18.0 Å². The van der Waals surface area contributed by atoms with E-state index in [1.807, 2.05) is 18.3 Å². The number of aromatic nitrogens is 2. The molecule has 1 saturated heterocycles. The van der Waals surface area contributed by atoms with Gasteiger partial charge in [-0.15, -0.1) is 5.10 Å². The molecule has 2 heterocycles. The van der Waals surface area contributed by atoms with Crippen LogP contribution in [0, 0.1) is 0 Å². The summed E-state index contributed by atoms with van der Waals surface area (Å²) in [6.45, 7) is 6.32. The number of nitrogens with one attached hydrogen (secondary N) is 1. The first-order chi connectivity index (χ1) is 10.1. The van der Waals surface area contributed by atoms with E-state index in [1.54, 1.807) is 0 Å². The van der Waals surface area contributed by atoms with Crippen LogP contribution in [0.15, 0.2) is 41.0 Å². The maximum atomic E-state index is 4.32. The fourth-order valence-electron chi connectivity index (χ4n) is 2.85. The third-order valence-corrected chi connectivity index (χ3v) is 4.17. The predicted molar refractivity (Wildman–Crippen MR) is 89.4 cm³/mol. The van der Waals surface area contributed by atoms with Crippen molar-refractivity contribution >= 4 is 21.7 Å². The molecule has 1 N–H and O–H groups in total. The number of anilines is 1. The van der Waals surface area contributed by atoms with Gasteiger partial charge in [-0.2, -0.15) is 5.10 Å². The lowest BCUT2D eigenvalue weighted by molar-refractivity contribution is 0.404. The topological polar surface area (TPSA) is 41.1 Å². The first kappa shape index (κ1) is 14.5. The maximum absolute atomic E-state index is 4.32. The van der Waals surface area contributed by atoms with Crippen LogP contribution < -0.4 is 10.2 Å². The molecule has 21 heavy (non-hydrogen) atoms. The Labute approximate surface area is 133 Å². The molecule has 0 unspecified atom stereocenters. The SMILES string of the molecule is C[C@@H]1CN(c2cc(-c3cccc(Br)c3)cnn2)C[C@H](C)N1. The number of benzene rings is 1. The van der Waals surface area contributed by atoms with E-state index in [9.17, 15) is 0 Å². The fourth-order valence-corrected chi connectivity index (χ4v) is 3.25. The highest BCUT2D eigenvalue weighted by Gasteiger charge is 2.22. The van der Waals surface area contributed by atoms with Crippen molar-refractivity contribution in [2.24, 2.45) is 0 Å². The quantitative estimate of drug-likeness (QED) is 0.907. The molecule has 1 aliphatic heterocycles. The van der Waals surface area contributed by atoms with Crippen molar-refractivity contribution < 1.29 is 0 Å². The Morgan fingerprint density at radius 2 is 1.90 bits per heavy atom. The third kappa shape index (κ3) is 3.41. The minimum atomic E-state index is 0.463. The Balaban J connectivity index is 1.89. The molecular formula is C16H19BrN4. The van der Waals surface area contributed by atoms with E-state index in [1.165, 1.54) is 0 Å². The second kappa shape index (κ2) is 6.12. The normalized spacial score (nSPS) is 22.3. The van der Waals surface area contributed by atoms with Crippen LogP contribution in [0.3, 0.4) is 0 Å². The average Bonchev–Trinajstić information content (AvgIpc) is 2.46. The van der Waals surface area contributed by atoms with Crippen molar-refractivity contribution in [1.82, 2.24) is 15.5 Å². The van der Waals surface area contributed by atoms with Gasteiger partial charge in [0.15, 0.2) is 5.82 Å². The van der Waals surface area contributed by atoms with Gasteiger partial charge in [-0.1, -0.05) is 28.1 Å². The fraction of sp³-hybridized carbons (Fsp3) is 0.375. The van der Waals surface area contributed by atoms with Gasteiger partial charge in [-0.3, -0.25) is 0 Å². The second-order valence-electron chi connectivity index (χ2n) is 5.69. The Morgan fingerprint density at radius 3 is 2.62 bits per heavy atom. The van der Waals surface area contributed by atoms with Crippen LogP contribution in [0.25, 0.3) is 11.1 Å². The Hall–Kier alpha value is -1.46. The standard InChI is InChI=1S/C16H19BrN4/c1-11-9-21(10-12(2)19-11)16-7-14(8-18-20-16)13-4-3-5-15(17)6-13/h3-8,11-12,19H,9-10H2,1-2H3/t11-,12+. The zero-order valence-corrected chi connectivity index (χ0v) is 13.8. The summed E-state index contributed by atoms with van der Waals surface area (Å²) in [4.78, 5) is 2.31. The lowest BCUT2D eigenvalue weighted by Crippen LogP contribution is -2.54. The first-order valence-electron chi connectivity index (χ1n) is 7.21. The second-order valence-corrected chi connectivity index (χ2v) is 6.60. The molecule has 0 radical (unpaired) electrons. The highest BCUT2D eigenvalue weighted by molar-refractivity contribution is 9.10. The van der Waals surface area contributed by atoms with Gasteiger partial charge in [-0.05, 0) is 37.6 Å². The van der Waals surface area contributed by atoms with Crippen molar-refractivity contribution in [1.29, 1.82) is 0 Å². The van der Waals surface area contributed by atoms with Gasteiger partial charge in [0.2, 0.25) is 0 Å². The summed E-state index contributed by atoms with van der Waals surface area (Å²) in [5.74, 6) is 0.952. The van der Waals surface area contributed by atoms with Gasteiger partial charge < -0.3 is 10.2 Å². The number of hydrogen-bond donors (Lipinski definition) is 1. The van der Waals surface area contributed by atoms with Crippen LogP contribution >= 0.6 is 15.9 Å². The van der Waals surface area contributed by atoms with Crippen molar-refractivity contribution in [3.05, 3.63) is 41.0 Å². The minimum Gasteiger partial charge on any atom is -0.352 e. The molecule has 0 bridgehead atoms. The first-order valence-corrected chi connectivity index (χ1v) is 8.01. The van der Waals surface area contributed by atoms with Gasteiger partial charge in [0.05, 0.1) is 6.20 Å². The van der Waals surface area contributed by atoms with E-state index in [4.69, 9.17) is 0 Å². The molecule has 0 spiro atoms. The molecule has 1 fully saturated rings. The molecule has 4 nitrogen and oxygen atoms in total. The summed E-state index contributed by atoms with van der Waals surface area (Å²) in [6, 6.07) is 11.3. The van der Waals surface area contributed by atoms with Gasteiger partial charge in [-0.25, -0.2) is 0 Å². The van der Waals surface area contributed by atoms with E-state index in [-0.39, 0.29) is 0 Å². The lowest BCUT2D eigenvalue weighted by atomic mass is 10.1. The molecule has 1 aromatic heterocycles. The lowest BCUT2D eigenvalue weighted by Gasteiger charge is -2.36. The number of nitrogens with zero attached hydrogens (tertiary/aromatic N) is 3. The van der Waals surface area contributed by atoms with Crippen LogP contribution in [-0.4, -0.2) is 35.4 Å². The molecule has 1 aliphatic rings. The maximum Gasteiger partial charge on any atom is 0.151 e. The van der Waals surface area contributed by atoms with Gasteiger partial charge in [0.1, 0.15) is 0 Å². The summed E-state index contributed by atoms with van der Waals surface area (Å²) in [7, 11) is 0. The van der Waals surface area contributed by atoms with E-state index in [0.717, 1.165) is 34.5 Å². The van der Waals surface area contributed by atoms with E-state index in [2.05, 4.69) is 68.4 Å². The van der Waals surface area contributed by atoms with E-state index < -0.39 is 0 Å². The van der Waals surface area contributed by atoms with Crippen molar-refractivity contribution in [3.63, 3.8) is 0 Å². The van der Waals surface area contributed by atoms with E-state index in [0.29, 0.717) is 12.1 Å². The number of rotatable bonds is 2. The number of halogens is 1. The smallest absolute Gasteiger partial charge is 0.151 e. The summed E-state index contributed by atoms with van der Waals surface area (Å²) in [6.07, 6.45) is 1.82. The van der Waals surface area contributed by atoms with Gasteiger partial charge >= 0.3 is 0 Å². The van der Waals surface area contributed by atoms with Crippen molar-refractivity contribution in [3.8, 4) is 11.1 Å². The van der Waals surface area contributed by atoms with Crippen LogP contribution in [0.5, 0.6) is 0 Å².